The number of piperidine rings is 1. The number of aromatic nitrogens is 1. The second-order valence-corrected chi connectivity index (χ2v) is 6.33. The van der Waals surface area contributed by atoms with Crippen LogP contribution in [0.2, 0.25) is 0 Å². The molecule has 1 N–H and O–H groups in total. The van der Waals surface area contributed by atoms with Crippen molar-refractivity contribution in [3.8, 4) is 0 Å². The first-order chi connectivity index (χ1) is 10.7. The molecule has 2 unspecified atom stereocenters. The van der Waals surface area contributed by atoms with Crippen molar-refractivity contribution in [2.24, 2.45) is 5.41 Å². The van der Waals surface area contributed by atoms with Gasteiger partial charge in [-0.1, -0.05) is 0 Å². The molecule has 0 amide bonds. The maximum atomic E-state index is 13.9. The number of nitrogens with zero attached hydrogens (tertiary/aromatic N) is 1. The van der Waals surface area contributed by atoms with Gasteiger partial charge in [0.05, 0.1) is 18.2 Å². The molecule has 1 aromatic rings. The Morgan fingerprint density at radius 1 is 1.52 bits per heavy atom. The van der Waals surface area contributed by atoms with Crippen molar-refractivity contribution in [2.45, 2.75) is 31.5 Å². The lowest BCUT2D eigenvalue weighted by Crippen LogP contribution is -2.54. The third kappa shape index (κ3) is 4.00. The Balaban J connectivity index is 2.36. The number of esters is 1. The minimum Gasteiger partial charge on any atom is -0.469 e. The van der Waals surface area contributed by atoms with Gasteiger partial charge < -0.3 is 10.1 Å². The highest BCUT2D eigenvalue weighted by molar-refractivity contribution is 9.10. The second-order valence-electron chi connectivity index (χ2n) is 5.51. The van der Waals surface area contributed by atoms with Gasteiger partial charge in [0.15, 0.2) is 0 Å². The first-order valence-corrected chi connectivity index (χ1v) is 7.67. The summed E-state index contributed by atoms with van der Waals surface area (Å²) in [5.41, 5.74) is -1.53. The molecule has 0 radical (unpaired) electrons. The fraction of sp³-hybridized carbons (Fsp3) is 0.571. The second kappa shape index (κ2) is 6.72. The maximum absolute atomic E-state index is 13.9. The Morgan fingerprint density at radius 3 is 2.83 bits per heavy atom. The van der Waals surface area contributed by atoms with E-state index in [1.165, 1.54) is 6.07 Å². The number of carbonyl (C=O) groups is 1. The quantitative estimate of drug-likeness (QED) is 0.483. The zero-order valence-electron chi connectivity index (χ0n) is 12.2. The summed E-state index contributed by atoms with van der Waals surface area (Å²) in [6.45, 7) is -0.0189. The summed E-state index contributed by atoms with van der Waals surface area (Å²) < 4.78 is 58.0. The molecule has 1 aliphatic heterocycles. The lowest BCUT2D eigenvalue weighted by Gasteiger charge is -2.39. The third-order valence-corrected chi connectivity index (χ3v) is 4.43. The van der Waals surface area contributed by atoms with Gasteiger partial charge in [-0.2, -0.15) is 13.2 Å². The molecule has 1 aromatic heterocycles. The van der Waals surface area contributed by atoms with Crippen molar-refractivity contribution in [3.05, 3.63) is 28.2 Å². The molecule has 0 aliphatic carbocycles. The largest absolute Gasteiger partial charge is 0.469 e. The van der Waals surface area contributed by atoms with Crippen LogP contribution in [-0.2, 0) is 16.0 Å². The molecule has 23 heavy (non-hydrogen) atoms. The van der Waals surface area contributed by atoms with Gasteiger partial charge in [-0.25, -0.2) is 9.37 Å². The van der Waals surface area contributed by atoms with E-state index < -0.39 is 35.8 Å². The van der Waals surface area contributed by atoms with E-state index in [-0.39, 0.29) is 25.1 Å². The highest BCUT2D eigenvalue weighted by Gasteiger charge is 2.52. The average molecular weight is 399 g/mol. The first-order valence-electron chi connectivity index (χ1n) is 6.87. The van der Waals surface area contributed by atoms with E-state index in [9.17, 15) is 22.4 Å². The zero-order chi connectivity index (χ0) is 17.3. The van der Waals surface area contributed by atoms with Gasteiger partial charge in [0, 0.05) is 6.42 Å². The number of ether oxygens (including phenoxy) is 1. The van der Waals surface area contributed by atoms with Crippen LogP contribution in [0.1, 0.15) is 18.5 Å². The summed E-state index contributed by atoms with van der Waals surface area (Å²) in [4.78, 5) is 16.1. The lowest BCUT2D eigenvalue weighted by atomic mass is 9.72. The molecule has 0 bridgehead atoms. The number of rotatable bonds is 3. The van der Waals surface area contributed by atoms with E-state index in [1.807, 2.05) is 0 Å². The molecule has 0 aromatic carbocycles. The fourth-order valence-electron chi connectivity index (χ4n) is 2.82. The minimum atomic E-state index is -4.50. The SMILES string of the molecule is COC(=O)C1(Cc2nc(Br)ccc2F)CCNC(C(F)(F)F)C1. The molecule has 1 aliphatic rings. The van der Waals surface area contributed by atoms with E-state index >= 15 is 0 Å². The van der Waals surface area contributed by atoms with E-state index in [0.717, 1.165) is 13.2 Å². The summed E-state index contributed by atoms with van der Waals surface area (Å²) in [6, 6.07) is 0.690. The molecule has 2 atom stereocenters. The lowest BCUT2D eigenvalue weighted by molar-refractivity contribution is -0.179. The molecular formula is C14H15BrF4N2O2. The standard InChI is InChI=1S/C14H15BrF4N2O2/c1-23-12(22)13(4-5-20-10(7-13)14(17,18)19)6-9-8(16)2-3-11(15)21-9/h2-3,10,20H,4-7H2,1H3. The Bertz CT molecular complexity index is 597. The smallest absolute Gasteiger partial charge is 0.403 e. The molecule has 2 rings (SSSR count). The Hall–Kier alpha value is -1.22. The highest BCUT2D eigenvalue weighted by atomic mass is 79.9. The zero-order valence-corrected chi connectivity index (χ0v) is 13.8. The number of hydrogen-bond acceptors (Lipinski definition) is 4. The van der Waals surface area contributed by atoms with Gasteiger partial charge >= 0.3 is 12.1 Å². The number of halogens is 5. The van der Waals surface area contributed by atoms with E-state index in [2.05, 4.69) is 26.2 Å². The normalized spacial score (nSPS) is 25.2. The molecule has 9 heteroatoms. The first kappa shape index (κ1) is 18.1. The molecule has 0 spiro atoms. The number of carbonyl (C=O) groups excluding carboxylic acids is 1. The van der Waals surface area contributed by atoms with Crippen molar-refractivity contribution in [1.29, 1.82) is 0 Å². The van der Waals surface area contributed by atoms with Gasteiger partial charge in [0.25, 0.3) is 0 Å². The number of pyridine rings is 1. The number of nitrogens with one attached hydrogen (secondary N) is 1. The van der Waals surface area contributed by atoms with Crippen molar-refractivity contribution in [1.82, 2.24) is 10.3 Å². The predicted octanol–water partition coefficient (Wildman–Crippen LogP) is 3.00. The van der Waals surface area contributed by atoms with Gasteiger partial charge in [-0.15, -0.1) is 0 Å². The Kier molecular flexibility index (Phi) is 5.30. The van der Waals surface area contributed by atoms with Crippen LogP contribution < -0.4 is 5.32 Å². The number of alkyl halides is 3. The Labute approximate surface area is 138 Å². The van der Waals surface area contributed by atoms with Crippen LogP contribution >= 0.6 is 15.9 Å². The molecule has 2 heterocycles. The molecule has 128 valence electrons. The van der Waals surface area contributed by atoms with Crippen LogP contribution in [0.5, 0.6) is 0 Å². The molecular weight excluding hydrogens is 384 g/mol. The fourth-order valence-corrected chi connectivity index (χ4v) is 3.17. The molecule has 1 fully saturated rings. The van der Waals surface area contributed by atoms with Crippen LogP contribution in [0.25, 0.3) is 0 Å². The van der Waals surface area contributed by atoms with Gasteiger partial charge in [-0.05, 0) is 47.4 Å². The molecule has 0 saturated carbocycles. The van der Waals surface area contributed by atoms with Crippen LogP contribution in [0.4, 0.5) is 17.6 Å². The Morgan fingerprint density at radius 2 is 2.22 bits per heavy atom. The number of methoxy groups -OCH3 is 1. The summed E-state index contributed by atoms with van der Waals surface area (Å²) in [5.74, 6) is -1.45. The van der Waals surface area contributed by atoms with Gasteiger partial charge in [-0.3, -0.25) is 4.79 Å². The third-order valence-electron chi connectivity index (χ3n) is 3.99. The molecule has 1 saturated heterocycles. The van der Waals surface area contributed by atoms with Crippen LogP contribution in [0.15, 0.2) is 16.7 Å². The minimum absolute atomic E-state index is 0.0189. The van der Waals surface area contributed by atoms with Crippen LogP contribution in [-0.4, -0.2) is 36.8 Å². The highest BCUT2D eigenvalue weighted by Crippen LogP contribution is 2.40. The van der Waals surface area contributed by atoms with Crippen LogP contribution in [0.3, 0.4) is 0 Å². The van der Waals surface area contributed by atoms with E-state index in [1.54, 1.807) is 0 Å². The van der Waals surface area contributed by atoms with Crippen molar-refractivity contribution in [3.63, 3.8) is 0 Å². The van der Waals surface area contributed by atoms with Crippen molar-refractivity contribution >= 4 is 21.9 Å². The predicted molar refractivity (Wildman–Crippen MR) is 77.1 cm³/mol. The maximum Gasteiger partial charge on any atom is 0.403 e. The summed E-state index contributed by atoms with van der Waals surface area (Å²) in [6.07, 6.45) is -5.15. The van der Waals surface area contributed by atoms with Crippen LogP contribution in [0, 0.1) is 11.2 Å². The van der Waals surface area contributed by atoms with Gasteiger partial charge in [0.2, 0.25) is 0 Å². The summed E-state index contributed by atoms with van der Waals surface area (Å²) in [5, 5.41) is 2.35. The number of hydrogen-bond donors (Lipinski definition) is 1. The van der Waals surface area contributed by atoms with Crippen molar-refractivity contribution < 1.29 is 27.1 Å². The van der Waals surface area contributed by atoms with E-state index in [0.29, 0.717) is 4.60 Å². The average Bonchev–Trinajstić information content (AvgIpc) is 2.49. The summed E-state index contributed by atoms with van der Waals surface area (Å²) >= 11 is 3.09. The van der Waals surface area contributed by atoms with Crippen molar-refractivity contribution in [2.75, 3.05) is 13.7 Å². The molecule has 4 nitrogen and oxygen atoms in total. The summed E-state index contributed by atoms with van der Waals surface area (Å²) in [7, 11) is 1.11. The van der Waals surface area contributed by atoms with E-state index in [4.69, 9.17) is 4.74 Å². The topological polar surface area (TPSA) is 51.2 Å². The monoisotopic (exact) mass is 398 g/mol. The van der Waals surface area contributed by atoms with Gasteiger partial charge in [0.1, 0.15) is 16.5 Å².